The van der Waals surface area contributed by atoms with Crippen LogP contribution in [0.15, 0.2) is 23.2 Å². The Bertz CT molecular complexity index is 598. The van der Waals surface area contributed by atoms with Crippen LogP contribution < -0.4 is 4.72 Å². The van der Waals surface area contributed by atoms with Gasteiger partial charge in [-0.25, -0.2) is 13.1 Å². The summed E-state index contributed by atoms with van der Waals surface area (Å²) in [6, 6.07) is 2.10. The molecule has 0 bridgehead atoms. The van der Waals surface area contributed by atoms with E-state index in [9.17, 15) is 23.6 Å². The first-order valence-electron chi connectivity index (χ1n) is 6.01. The Morgan fingerprint density at radius 3 is 2.52 bits per heavy atom. The quantitative estimate of drug-likeness (QED) is 0.516. The minimum atomic E-state index is -3.89. The van der Waals surface area contributed by atoms with Crippen molar-refractivity contribution in [2.24, 2.45) is 0 Å². The molecule has 21 heavy (non-hydrogen) atoms. The van der Waals surface area contributed by atoms with Gasteiger partial charge in [0.2, 0.25) is 10.0 Å². The van der Waals surface area contributed by atoms with E-state index in [-0.39, 0.29) is 18.0 Å². The second-order valence-electron chi connectivity index (χ2n) is 5.17. The lowest BCUT2D eigenvalue weighted by atomic mass is 10.1. The zero-order valence-electron chi connectivity index (χ0n) is 12.0. The molecule has 1 aromatic rings. The third-order valence-corrected chi connectivity index (χ3v) is 3.90. The maximum absolute atomic E-state index is 12.0. The number of likely N-dealkylation sites (N-methyl/N-ethyl adjacent to an activating group) is 1. The number of nitrogens with one attached hydrogen (secondary N) is 1. The Hall–Kier alpha value is -1.62. The highest BCUT2D eigenvalue weighted by molar-refractivity contribution is 7.89. The van der Waals surface area contributed by atoms with Crippen LogP contribution in [-0.4, -0.2) is 61.1 Å². The Balaban J connectivity index is 2.80. The van der Waals surface area contributed by atoms with Crippen molar-refractivity contribution >= 4 is 15.8 Å². The van der Waals surface area contributed by atoms with Gasteiger partial charge in [-0.2, -0.15) is 0 Å². The number of hydrogen-bond acceptors (Lipinski definition) is 7. The molecule has 0 saturated heterocycles. The molecule has 0 saturated carbocycles. The van der Waals surface area contributed by atoms with E-state index in [1.165, 1.54) is 6.92 Å². The second kappa shape index (κ2) is 6.43. The maximum Gasteiger partial charge on any atom is 0.363 e. The molecule has 10 heteroatoms. The normalized spacial score (nSPS) is 14.9. The minimum absolute atomic E-state index is 0.190. The largest absolute Gasteiger partial charge is 0.387 e. The molecule has 0 spiro atoms. The Labute approximate surface area is 122 Å². The molecule has 0 aliphatic carbocycles. The summed E-state index contributed by atoms with van der Waals surface area (Å²) in [5, 5.41) is 20.5. The highest BCUT2D eigenvalue weighted by Crippen LogP contribution is 2.13. The fraction of sp³-hybridized carbons (Fsp3) is 0.545. The molecule has 1 unspecified atom stereocenters. The fourth-order valence-corrected chi connectivity index (χ4v) is 2.82. The average molecular weight is 318 g/mol. The molecule has 1 atom stereocenters. The maximum atomic E-state index is 12.0. The van der Waals surface area contributed by atoms with E-state index in [0.29, 0.717) is 0 Å². The summed E-state index contributed by atoms with van der Waals surface area (Å²) in [7, 11) is -0.379. The smallest absolute Gasteiger partial charge is 0.363 e. The first-order valence-corrected chi connectivity index (χ1v) is 7.49. The van der Waals surface area contributed by atoms with Crippen LogP contribution in [0.4, 0.5) is 5.82 Å². The number of hydrogen-bond donors (Lipinski definition) is 2. The summed E-state index contributed by atoms with van der Waals surface area (Å²) in [4.78, 5) is 14.7. The van der Waals surface area contributed by atoms with Crippen molar-refractivity contribution in [3.63, 3.8) is 0 Å². The Morgan fingerprint density at radius 1 is 1.48 bits per heavy atom. The van der Waals surface area contributed by atoms with Crippen LogP contribution >= 0.6 is 0 Å². The van der Waals surface area contributed by atoms with Crippen LogP contribution in [0, 0.1) is 10.1 Å². The number of sulfonamides is 1. The van der Waals surface area contributed by atoms with Gasteiger partial charge in [0.1, 0.15) is 4.90 Å². The molecular weight excluding hydrogens is 300 g/mol. The molecule has 0 aliphatic rings. The van der Waals surface area contributed by atoms with E-state index in [4.69, 9.17) is 0 Å². The highest BCUT2D eigenvalue weighted by atomic mass is 32.2. The van der Waals surface area contributed by atoms with E-state index in [1.54, 1.807) is 19.0 Å². The molecular formula is C11H18N4O5S. The Morgan fingerprint density at radius 2 is 2.10 bits per heavy atom. The van der Waals surface area contributed by atoms with Gasteiger partial charge < -0.3 is 20.1 Å². The number of aromatic nitrogens is 1. The summed E-state index contributed by atoms with van der Waals surface area (Å²) in [5.74, 6) is -0.437. The molecule has 1 aromatic heterocycles. The molecule has 0 fully saturated rings. The number of rotatable bonds is 7. The van der Waals surface area contributed by atoms with E-state index in [0.717, 1.165) is 18.3 Å². The molecule has 118 valence electrons. The standard InChI is InChI=1S/C11H18N4O5S/c1-11(16,8-14(2)3)7-13-21(19,20)9-4-5-10(12-6-9)15(17)18/h4-6,13,16H,7-8H2,1-3H3. The topological polar surface area (TPSA) is 126 Å². The third-order valence-electron chi connectivity index (χ3n) is 2.52. The summed E-state index contributed by atoms with van der Waals surface area (Å²) >= 11 is 0. The van der Waals surface area contributed by atoms with Crippen LogP contribution in [0.1, 0.15) is 6.92 Å². The predicted octanol–water partition coefficient (Wildman–Crippen LogP) is -0.419. The second-order valence-corrected chi connectivity index (χ2v) is 6.94. The van der Waals surface area contributed by atoms with Crippen molar-refractivity contribution in [1.82, 2.24) is 14.6 Å². The van der Waals surface area contributed by atoms with Gasteiger partial charge in [0.05, 0.1) is 5.60 Å². The minimum Gasteiger partial charge on any atom is -0.387 e. The van der Waals surface area contributed by atoms with Crippen molar-refractivity contribution in [3.05, 3.63) is 28.4 Å². The van der Waals surface area contributed by atoms with Crippen LogP contribution in [0.5, 0.6) is 0 Å². The van der Waals surface area contributed by atoms with Gasteiger partial charge in [-0.3, -0.25) is 0 Å². The lowest BCUT2D eigenvalue weighted by Crippen LogP contribution is -2.47. The van der Waals surface area contributed by atoms with Gasteiger partial charge in [0, 0.05) is 19.2 Å². The lowest BCUT2D eigenvalue weighted by molar-refractivity contribution is -0.389. The van der Waals surface area contributed by atoms with Crippen molar-refractivity contribution in [1.29, 1.82) is 0 Å². The molecule has 2 N–H and O–H groups in total. The van der Waals surface area contributed by atoms with Gasteiger partial charge in [-0.15, -0.1) is 0 Å². The Kier molecular flexibility index (Phi) is 5.34. The lowest BCUT2D eigenvalue weighted by Gasteiger charge is -2.26. The van der Waals surface area contributed by atoms with Crippen molar-refractivity contribution in [3.8, 4) is 0 Å². The van der Waals surface area contributed by atoms with E-state index in [1.807, 2.05) is 0 Å². The average Bonchev–Trinajstić information content (AvgIpc) is 2.35. The van der Waals surface area contributed by atoms with E-state index >= 15 is 0 Å². The van der Waals surface area contributed by atoms with Gasteiger partial charge in [0.15, 0.2) is 6.20 Å². The number of nitrogens with zero attached hydrogens (tertiary/aromatic N) is 3. The molecule has 0 amide bonds. The summed E-state index contributed by atoms with van der Waals surface area (Å²) in [6.07, 6.45) is 0.904. The van der Waals surface area contributed by atoms with Crippen molar-refractivity contribution in [2.75, 3.05) is 27.2 Å². The first-order chi connectivity index (χ1) is 9.53. The fourth-order valence-electron chi connectivity index (χ4n) is 1.71. The highest BCUT2D eigenvalue weighted by Gasteiger charge is 2.25. The predicted molar refractivity (Wildman–Crippen MR) is 75.3 cm³/mol. The molecule has 0 aromatic carbocycles. The monoisotopic (exact) mass is 318 g/mol. The van der Waals surface area contributed by atoms with Crippen LogP contribution in [0.25, 0.3) is 0 Å². The summed E-state index contributed by atoms with van der Waals surface area (Å²) in [5.41, 5.74) is -1.25. The van der Waals surface area contributed by atoms with E-state index < -0.39 is 26.4 Å². The van der Waals surface area contributed by atoms with Crippen LogP contribution in [0.2, 0.25) is 0 Å². The SMILES string of the molecule is CN(C)CC(C)(O)CNS(=O)(=O)c1ccc([N+](=O)[O-])nc1. The third kappa shape index (κ3) is 5.34. The van der Waals surface area contributed by atoms with Gasteiger partial charge in [-0.05, 0) is 37.0 Å². The molecule has 0 radical (unpaired) electrons. The molecule has 1 rings (SSSR count). The van der Waals surface area contributed by atoms with Gasteiger partial charge in [0.25, 0.3) is 0 Å². The number of aliphatic hydroxyl groups is 1. The number of nitro groups is 1. The first kappa shape index (κ1) is 17.4. The number of pyridine rings is 1. The van der Waals surface area contributed by atoms with Crippen LogP contribution in [-0.2, 0) is 10.0 Å². The van der Waals surface area contributed by atoms with Gasteiger partial charge >= 0.3 is 5.82 Å². The van der Waals surface area contributed by atoms with Crippen LogP contribution in [0.3, 0.4) is 0 Å². The molecule has 1 heterocycles. The summed E-state index contributed by atoms with van der Waals surface area (Å²) < 4.78 is 26.3. The summed E-state index contributed by atoms with van der Waals surface area (Å²) in [6.45, 7) is 1.59. The zero-order chi connectivity index (χ0) is 16.3. The zero-order valence-corrected chi connectivity index (χ0v) is 12.8. The van der Waals surface area contributed by atoms with Crippen molar-refractivity contribution in [2.45, 2.75) is 17.4 Å². The van der Waals surface area contributed by atoms with Crippen molar-refractivity contribution < 1.29 is 18.4 Å². The van der Waals surface area contributed by atoms with Gasteiger partial charge in [-0.1, -0.05) is 0 Å². The van der Waals surface area contributed by atoms with E-state index in [2.05, 4.69) is 9.71 Å². The molecule has 9 nitrogen and oxygen atoms in total. The molecule has 0 aliphatic heterocycles.